The summed E-state index contributed by atoms with van der Waals surface area (Å²) < 4.78 is 0. The van der Waals surface area contributed by atoms with E-state index in [1.807, 2.05) is 35.2 Å². The molecule has 9 heteroatoms. The van der Waals surface area contributed by atoms with Gasteiger partial charge in [-0.1, -0.05) is 30.3 Å². The summed E-state index contributed by atoms with van der Waals surface area (Å²) >= 11 is 0. The summed E-state index contributed by atoms with van der Waals surface area (Å²) in [6.07, 6.45) is 2.40. The maximum atomic E-state index is 12.0. The molecule has 0 aliphatic carbocycles. The number of carbonyl (C=O) groups excluding carboxylic acids is 1. The number of nitrogens with two attached hydrogens (primary N) is 1. The van der Waals surface area contributed by atoms with Crippen molar-refractivity contribution in [2.24, 2.45) is 5.73 Å². The molecule has 1 amide bonds. The van der Waals surface area contributed by atoms with Gasteiger partial charge in [-0.15, -0.1) is 0 Å². The lowest BCUT2D eigenvalue weighted by Crippen LogP contribution is -2.50. The predicted octanol–water partition coefficient (Wildman–Crippen LogP) is -0.345. The molecule has 1 aromatic carbocycles. The van der Waals surface area contributed by atoms with E-state index in [-0.39, 0.29) is 19.0 Å². The van der Waals surface area contributed by atoms with E-state index in [2.05, 4.69) is 10.6 Å². The summed E-state index contributed by atoms with van der Waals surface area (Å²) in [6, 6.07) is 7.83. The van der Waals surface area contributed by atoms with Crippen LogP contribution < -0.4 is 16.4 Å². The van der Waals surface area contributed by atoms with Gasteiger partial charge in [0.1, 0.15) is 12.1 Å². The summed E-state index contributed by atoms with van der Waals surface area (Å²) in [7, 11) is 0. The molecule has 0 spiro atoms. The monoisotopic (exact) mass is 406 g/mol. The minimum atomic E-state index is -1.00. The largest absolute Gasteiger partial charge is 0.480 e. The SMILES string of the molecule is NC(CNC(=O)CNC(CCc1ccccc1)C(=O)O)CN1CCC[C@H]1C(=O)O. The molecule has 0 bridgehead atoms. The van der Waals surface area contributed by atoms with Gasteiger partial charge in [-0.05, 0) is 37.8 Å². The third kappa shape index (κ3) is 7.80. The summed E-state index contributed by atoms with van der Waals surface area (Å²) in [5.41, 5.74) is 7.06. The minimum Gasteiger partial charge on any atom is -0.480 e. The van der Waals surface area contributed by atoms with E-state index >= 15 is 0 Å². The number of aliphatic carboxylic acids is 2. The highest BCUT2D eigenvalue weighted by Gasteiger charge is 2.31. The first-order valence-corrected chi connectivity index (χ1v) is 9.86. The Bertz CT molecular complexity index is 685. The third-order valence-corrected chi connectivity index (χ3v) is 5.05. The van der Waals surface area contributed by atoms with E-state index in [9.17, 15) is 24.6 Å². The van der Waals surface area contributed by atoms with E-state index in [1.54, 1.807) is 0 Å². The van der Waals surface area contributed by atoms with Crippen molar-refractivity contribution in [1.29, 1.82) is 0 Å². The number of carboxylic acid groups (broad SMARTS) is 2. The molecule has 1 saturated heterocycles. The lowest BCUT2D eigenvalue weighted by molar-refractivity contribution is -0.142. The summed E-state index contributed by atoms with van der Waals surface area (Å²) in [4.78, 5) is 36.5. The zero-order valence-electron chi connectivity index (χ0n) is 16.4. The molecule has 2 unspecified atom stereocenters. The Morgan fingerprint density at radius 2 is 1.93 bits per heavy atom. The van der Waals surface area contributed by atoms with E-state index < -0.39 is 30.1 Å². The van der Waals surface area contributed by atoms with Crippen LogP contribution in [0.2, 0.25) is 0 Å². The molecule has 160 valence electrons. The highest BCUT2D eigenvalue weighted by atomic mass is 16.4. The van der Waals surface area contributed by atoms with Gasteiger partial charge in [-0.2, -0.15) is 0 Å². The second-order valence-corrected chi connectivity index (χ2v) is 7.35. The van der Waals surface area contributed by atoms with Gasteiger partial charge in [0.2, 0.25) is 5.91 Å². The van der Waals surface area contributed by atoms with Crippen LogP contribution in [0, 0.1) is 0 Å². The third-order valence-electron chi connectivity index (χ3n) is 5.05. The molecule has 9 nitrogen and oxygen atoms in total. The number of rotatable bonds is 12. The fourth-order valence-electron chi connectivity index (χ4n) is 3.48. The highest BCUT2D eigenvalue weighted by Crippen LogP contribution is 2.17. The fourth-order valence-corrected chi connectivity index (χ4v) is 3.48. The molecule has 1 aromatic rings. The smallest absolute Gasteiger partial charge is 0.320 e. The number of hydrogen-bond acceptors (Lipinski definition) is 6. The van der Waals surface area contributed by atoms with Gasteiger partial charge in [0, 0.05) is 19.1 Å². The second kappa shape index (κ2) is 11.5. The Labute approximate surface area is 170 Å². The van der Waals surface area contributed by atoms with Crippen molar-refractivity contribution in [3.63, 3.8) is 0 Å². The molecule has 1 aliphatic rings. The van der Waals surface area contributed by atoms with Gasteiger partial charge in [0.15, 0.2) is 0 Å². The van der Waals surface area contributed by atoms with Gasteiger partial charge < -0.3 is 21.3 Å². The summed E-state index contributed by atoms with van der Waals surface area (Å²) in [6.45, 7) is 1.15. The molecular weight excluding hydrogens is 376 g/mol. The number of nitrogens with zero attached hydrogens (tertiary/aromatic N) is 1. The van der Waals surface area contributed by atoms with Crippen molar-refractivity contribution in [1.82, 2.24) is 15.5 Å². The molecule has 29 heavy (non-hydrogen) atoms. The van der Waals surface area contributed by atoms with Crippen LogP contribution in [0.1, 0.15) is 24.8 Å². The fraction of sp³-hybridized carbons (Fsp3) is 0.550. The molecule has 0 radical (unpaired) electrons. The first kappa shape index (κ1) is 22.8. The molecule has 3 atom stereocenters. The van der Waals surface area contributed by atoms with Crippen LogP contribution in [0.4, 0.5) is 0 Å². The van der Waals surface area contributed by atoms with Crippen LogP contribution in [0.5, 0.6) is 0 Å². The summed E-state index contributed by atoms with van der Waals surface area (Å²) in [5, 5.41) is 24.0. The Morgan fingerprint density at radius 1 is 1.21 bits per heavy atom. The second-order valence-electron chi connectivity index (χ2n) is 7.35. The maximum absolute atomic E-state index is 12.0. The van der Waals surface area contributed by atoms with E-state index in [4.69, 9.17) is 5.73 Å². The quantitative estimate of drug-likeness (QED) is 0.317. The summed E-state index contributed by atoms with van der Waals surface area (Å²) in [5.74, 6) is -2.19. The first-order chi connectivity index (χ1) is 13.9. The van der Waals surface area contributed by atoms with Gasteiger partial charge in [-0.3, -0.25) is 24.6 Å². The Hall–Kier alpha value is -2.49. The molecular formula is C20H30N4O5. The van der Waals surface area contributed by atoms with Crippen molar-refractivity contribution in [2.75, 3.05) is 26.2 Å². The van der Waals surface area contributed by atoms with Gasteiger partial charge in [0.05, 0.1) is 6.54 Å². The van der Waals surface area contributed by atoms with E-state index in [1.165, 1.54) is 0 Å². The van der Waals surface area contributed by atoms with Crippen molar-refractivity contribution < 1.29 is 24.6 Å². The van der Waals surface area contributed by atoms with E-state index in [0.29, 0.717) is 32.4 Å². The molecule has 6 N–H and O–H groups in total. The normalized spacial score (nSPS) is 18.9. The molecule has 1 aliphatic heterocycles. The minimum absolute atomic E-state index is 0.125. The lowest BCUT2D eigenvalue weighted by Gasteiger charge is -2.24. The van der Waals surface area contributed by atoms with Crippen molar-refractivity contribution in [3.05, 3.63) is 35.9 Å². The number of benzene rings is 1. The number of carboxylic acids is 2. The zero-order valence-corrected chi connectivity index (χ0v) is 16.4. The number of amides is 1. The Balaban J connectivity index is 1.69. The molecule has 0 saturated carbocycles. The van der Waals surface area contributed by atoms with Crippen molar-refractivity contribution in [2.45, 2.75) is 43.8 Å². The maximum Gasteiger partial charge on any atom is 0.320 e. The van der Waals surface area contributed by atoms with Gasteiger partial charge in [0.25, 0.3) is 0 Å². The Kier molecular flexibility index (Phi) is 9.04. The van der Waals surface area contributed by atoms with Crippen molar-refractivity contribution in [3.8, 4) is 0 Å². The van der Waals surface area contributed by atoms with Crippen LogP contribution in [-0.2, 0) is 20.8 Å². The van der Waals surface area contributed by atoms with E-state index in [0.717, 1.165) is 12.0 Å². The molecule has 1 fully saturated rings. The molecule has 1 heterocycles. The van der Waals surface area contributed by atoms with Crippen LogP contribution in [0.15, 0.2) is 30.3 Å². The number of hydrogen-bond donors (Lipinski definition) is 5. The average molecular weight is 406 g/mol. The topological polar surface area (TPSA) is 145 Å². The van der Waals surface area contributed by atoms with Crippen molar-refractivity contribution >= 4 is 17.8 Å². The average Bonchev–Trinajstić information content (AvgIpc) is 3.15. The number of nitrogens with one attached hydrogen (secondary N) is 2. The number of carbonyl (C=O) groups is 3. The number of aryl methyl sites for hydroxylation is 1. The Morgan fingerprint density at radius 3 is 2.59 bits per heavy atom. The van der Waals surface area contributed by atoms with Crippen LogP contribution >= 0.6 is 0 Å². The van der Waals surface area contributed by atoms with Gasteiger partial charge >= 0.3 is 11.9 Å². The van der Waals surface area contributed by atoms with Crippen LogP contribution in [-0.4, -0.2) is 77.3 Å². The predicted molar refractivity (Wildman–Crippen MR) is 107 cm³/mol. The van der Waals surface area contributed by atoms with Crippen LogP contribution in [0.3, 0.4) is 0 Å². The van der Waals surface area contributed by atoms with Gasteiger partial charge in [-0.25, -0.2) is 0 Å². The van der Waals surface area contributed by atoms with Crippen LogP contribution in [0.25, 0.3) is 0 Å². The highest BCUT2D eigenvalue weighted by molar-refractivity contribution is 5.80. The lowest BCUT2D eigenvalue weighted by atomic mass is 10.1. The first-order valence-electron chi connectivity index (χ1n) is 9.86. The standard InChI is InChI=1S/C20H30N4O5/c21-15(13-24-10-4-7-17(24)20(28)29)11-23-18(25)12-22-16(19(26)27)9-8-14-5-2-1-3-6-14/h1-3,5-6,15-17,22H,4,7-13,21H2,(H,23,25)(H,26,27)(H,28,29)/t15?,16?,17-/m0/s1. The number of likely N-dealkylation sites (tertiary alicyclic amines) is 1. The molecule has 2 rings (SSSR count). The molecule has 0 aromatic heterocycles. The zero-order chi connectivity index (χ0) is 21.2.